The zero-order valence-electron chi connectivity index (χ0n) is 65.9. The minimum atomic E-state index is -2.06. The van der Waals surface area contributed by atoms with Gasteiger partial charge in [0.05, 0.1) is 26.0 Å². The van der Waals surface area contributed by atoms with Gasteiger partial charge in [-0.1, -0.05) is 86.4 Å². The van der Waals surface area contributed by atoms with E-state index in [1.807, 2.05) is 5.32 Å². The summed E-state index contributed by atoms with van der Waals surface area (Å²) in [5.74, 6) is -24.2. The SMILES string of the molecule is CC[C@H](C)[C@H](NC(=O)[C@H](Cc1c[nH]c2ccccc12)NC(=O)[C@H](CC(=O)O)NC(=O)[C@H](CCCCN)NC(=O)[C@H](C)NC(=O)[C@H](CC(=O)O)NC(=O)[C@@H](NC(=O)[C@@H]1CCCN1C(=O)[C@H](CC(C)C)NC(=O)[C@@H](NC(=O)[C@@H](N)CO)[C@@H](C)CC)C(C)C)C(=O)N[C@@H](CCC(=O)O)C(=O)NCC(=O)N[C@@H](CCC(=O)O)C(=O)NCC(=O)O. The van der Waals surface area contributed by atoms with Gasteiger partial charge >= 0.3 is 29.8 Å². The van der Waals surface area contributed by atoms with Gasteiger partial charge in [-0.3, -0.25) is 91.1 Å². The minimum absolute atomic E-state index is 0.0560. The number of hydrogen-bond donors (Lipinski definition) is 22. The maximum absolute atomic E-state index is 14.8. The quantitative estimate of drug-likeness (QED) is 0.0277. The Bertz CT molecular complexity index is 3780. The van der Waals surface area contributed by atoms with E-state index < -0.39 is 273 Å². The molecular weight excluding hydrogens is 1510 g/mol. The van der Waals surface area contributed by atoms with E-state index in [1.54, 1.807) is 58.9 Å². The number of aliphatic carboxylic acids is 5. The Morgan fingerprint density at radius 3 is 1.49 bits per heavy atom. The second-order valence-electron chi connectivity index (χ2n) is 29.0. The lowest BCUT2D eigenvalue weighted by Gasteiger charge is -2.32. The molecule has 0 radical (unpaired) electrons. The number of rotatable bonds is 52. The van der Waals surface area contributed by atoms with Crippen molar-refractivity contribution in [2.45, 2.75) is 237 Å². The highest BCUT2D eigenvalue weighted by Gasteiger charge is 2.43. The molecule has 0 spiro atoms. The van der Waals surface area contributed by atoms with Crippen molar-refractivity contribution in [2.75, 3.05) is 32.8 Å². The summed E-state index contributed by atoms with van der Waals surface area (Å²) in [5, 5.41) is 88.9. The van der Waals surface area contributed by atoms with Gasteiger partial charge in [-0.05, 0) is 100 Å². The first-order valence-electron chi connectivity index (χ1n) is 38.0. The largest absolute Gasteiger partial charge is 0.481 e. The topological polar surface area (TPSA) is 673 Å². The molecule has 1 aliphatic rings. The van der Waals surface area contributed by atoms with E-state index in [-0.39, 0.29) is 57.5 Å². The zero-order chi connectivity index (χ0) is 86.7. The Morgan fingerprint density at radius 1 is 0.496 bits per heavy atom. The van der Waals surface area contributed by atoms with E-state index in [2.05, 4.69) is 68.8 Å². The number of hydrogen-bond acceptors (Lipinski definition) is 22. The van der Waals surface area contributed by atoms with Gasteiger partial charge in [-0.2, -0.15) is 0 Å². The number of likely N-dealkylation sites (tertiary alicyclic amines) is 1. The molecule has 1 aromatic carbocycles. The molecule has 2 aromatic rings. The fourth-order valence-electron chi connectivity index (χ4n) is 12.1. The number of nitrogens with two attached hydrogens (primary N) is 2. The van der Waals surface area contributed by atoms with Crippen LogP contribution in [0.4, 0.5) is 0 Å². The summed E-state index contributed by atoms with van der Waals surface area (Å²) < 4.78 is 0. The summed E-state index contributed by atoms with van der Waals surface area (Å²) in [6, 6.07) is -13.7. The average Bonchev–Trinajstić information content (AvgIpc) is 1.73. The van der Waals surface area contributed by atoms with Crippen LogP contribution >= 0.6 is 0 Å². The number of aliphatic hydroxyl groups is 1. The van der Waals surface area contributed by atoms with E-state index in [9.17, 15) is 117 Å². The van der Waals surface area contributed by atoms with Gasteiger partial charge in [-0.15, -0.1) is 0 Å². The van der Waals surface area contributed by atoms with E-state index in [1.165, 1.54) is 31.9 Å². The Balaban J connectivity index is 1.91. The van der Waals surface area contributed by atoms with Gasteiger partial charge in [0, 0.05) is 42.9 Å². The monoisotopic (exact) mass is 1630 g/mol. The summed E-state index contributed by atoms with van der Waals surface area (Å²) in [4.78, 5) is 258. The third kappa shape index (κ3) is 32.9. The number of nitrogens with zero attached hydrogens (tertiary/aromatic N) is 1. The first-order chi connectivity index (χ1) is 54.1. The highest BCUT2D eigenvalue weighted by molar-refractivity contribution is 6.02. The fraction of sp³-hybridized carbons (Fsp3) is 0.630. The summed E-state index contributed by atoms with van der Waals surface area (Å²) in [7, 11) is 0. The number of carbonyl (C=O) groups is 19. The molecule has 1 fully saturated rings. The van der Waals surface area contributed by atoms with Gasteiger partial charge in [0.2, 0.25) is 82.7 Å². The van der Waals surface area contributed by atoms with E-state index in [0.29, 0.717) is 29.3 Å². The summed E-state index contributed by atoms with van der Waals surface area (Å²) in [6.45, 7) is 12.0. The van der Waals surface area contributed by atoms with Crippen molar-refractivity contribution in [3.8, 4) is 0 Å². The number of benzene rings is 1. The molecule has 3 rings (SSSR count). The van der Waals surface area contributed by atoms with E-state index in [0.717, 1.165) is 6.92 Å². The summed E-state index contributed by atoms with van der Waals surface area (Å²) in [5.41, 5.74) is 12.4. The third-order valence-electron chi connectivity index (χ3n) is 19.0. The van der Waals surface area contributed by atoms with Gasteiger partial charge in [0.1, 0.15) is 85.1 Å². The van der Waals surface area contributed by atoms with Crippen molar-refractivity contribution in [2.24, 2.45) is 35.1 Å². The smallest absolute Gasteiger partial charge is 0.322 e. The molecular formula is C73H113N17O25. The number of carboxylic acid groups (broad SMARTS) is 5. The first kappa shape index (κ1) is 97.8. The van der Waals surface area contributed by atoms with Crippen LogP contribution in [-0.4, -0.2) is 264 Å². The van der Waals surface area contributed by atoms with Crippen LogP contribution in [-0.2, 0) is 97.5 Å². The number of aromatic nitrogens is 1. The Labute approximate surface area is 662 Å². The molecule has 115 heavy (non-hydrogen) atoms. The fourth-order valence-corrected chi connectivity index (χ4v) is 12.1. The van der Waals surface area contributed by atoms with Crippen LogP contribution in [0.2, 0.25) is 0 Å². The van der Waals surface area contributed by atoms with Crippen molar-refractivity contribution >= 4 is 123 Å². The molecule has 1 aliphatic heterocycles. The molecule has 0 aliphatic carbocycles. The molecule has 0 bridgehead atoms. The van der Waals surface area contributed by atoms with Gasteiger partial charge in [-0.25, -0.2) is 0 Å². The lowest BCUT2D eigenvalue weighted by atomic mass is 9.96. The lowest BCUT2D eigenvalue weighted by Crippen LogP contribution is -2.61. The number of aromatic amines is 1. The molecule has 640 valence electrons. The normalized spacial score (nSPS) is 16.2. The summed E-state index contributed by atoms with van der Waals surface area (Å²) in [6.07, 6.45) is -2.47. The Kier molecular flexibility index (Phi) is 41.3. The molecule has 24 N–H and O–H groups in total. The standard InChI is InChI=1S/C73H113N17O25/c1-10-37(7)59(88-62(104)42(75)34-91)72(114)86-50(27-35(3)4)73(115)90-26-16-20-51(90)69(111)87-58(36(5)6)70(112)85-48(29-55(97)98)66(108)79-39(9)61(103)81-44(19-14-15-25-74)65(107)84-49(30-56(99)100)67(109)83-47(28-40-31-76-43-18-13-12-17-41(40)43)68(110)89-60(38(8)11-2)71(113)82-46(22-24-54(95)96)64(106)77-32-52(92)80-45(21-23-53(93)94)63(105)78-33-57(101)102/h12-13,17-18,31,35-39,42,44-51,58-60,76,91H,10-11,14-16,19-30,32-34,74-75H2,1-9H3,(H,77,106)(H,78,105)(H,79,108)(H,80,92)(H,81,103)(H,82,113)(H,83,109)(H,84,107)(H,85,112)(H,86,114)(H,87,111)(H,88,104)(H,89,110)(H,93,94)(H,95,96)(H,97,98)(H,99,100)(H,101,102)/t37-,38-,39-,42-,44-,45-,46-,47-,48-,49-,50-,51-,58-,59-,60-/m0/s1. The maximum Gasteiger partial charge on any atom is 0.322 e. The van der Waals surface area contributed by atoms with Crippen molar-refractivity contribution in [3.05, 3.63) is 36.0 Å². The van der Waals surface area contributed by atoms with Crippen LogP contribution in [0.15, 0.2) is 30.5 Å². The molecule has 0 saturated carbocycles. The number of carboxylic acids is 5. The Hall–Kier alpha value is -11.4. The second-order valence-corrected chi connectivity index (χ2v) is 29.0. The molecule has 15 atom stereocenters. The van der Waals surface area contributed by atoms with Crippen LogP contribution in [0.5, 0.6) is 0 Å². The van der Waals surface area contributed by atoms with E-state index >= 15 is 0 Å². The number of nitrogens with one attached hydrogen (secondary N) is 14. The predicted molar refractivity (Wildman–Crippen MR) is 407 cm³/mol. The highest BCUT2D eigenvalue weighted by atomic mass is 16.4. The van der Waals surface area contributed by atoms with Crippen LogP contribution in [0.3, 0.4) is 0 Å². The lowest BCUT2D eigenvalue weighted by molar-refractivity contribution is -0.143. The van der Waals surface area contributed by atoms with Gasteiger partial charge in [0.15, 0.2) is 0 Å². The molecule has 0 unspecified atom stereocenters. The Morgan fingerprint density at radius 2 is 0.965 bits per heavy atom. The first-order valence-corrected chi connectivity index (χ1v) is 38.0. The van der Waals surface area contributed by atoms with Crippen LogP contribution < -0.4 is 80.6 Å². The van der Waals surface area contributed by atoms with Crippen LogP contribution in [0.1, 0.15) is 158 Å². The van der Waals surface area contributed by atoms with Crippen molar-refractivity contribution in [3.63, 3.8) is 0 Å². The molecule has 42 nitrogen and oxygen atoms in total. The summed E-state index contributed by atoms with van der Waals surface area (Å²) >= 11 is 0. The van der Waals surface area contributed by atoms with Crippen LogP contribution in [0, 0.1) is 23.7 Å². The highest BCUT2D eigenvalue weighted by Crippen LogP contribution is 2.24. The molecule has 1 aromatic heterocycles. The zero-order valence-corrected chi connectivity index (χ0v) is 65.9. The van der Waals surface area contributed by atoms with Crippen LogP contribution in [0.25, 0.3) is 10.9 Å². The number of para-hydroxylation sites is 1. The number of amides is 14. The van der Waals surface area contributed by atoms with Crippen molar-refractivity contribution in [1.29, 1.82) is 0 Å². The molecule has 1 saturated heterocycles. The number of carbonyl (C=O) groups excluding carboxylic acids is 14. The minimum Gasteiger partial charge on any atom is -0.481 e. The number of aliphatic hydroxyl groups excluding tert-OH is 1. The van der Waals surface area contributed by atoms with Crippen molar-refractivity contribution in [1.82, 2.24) is 79.0 Å². The third-order valence-corrected chi connectivity index (χ3v) is 19.0. The molecule has 2 heterocycles. The van der Waals surface area contributed by atoms with Gasteiger partial charge in [0.25, 0.3) is 0 Å². The number of fused-ring (bicyclic) bond motifs is 1. The number of unbranched alkanes of at least 4 members (excludes halogenated alkanes) is 1. The molecule has 42 heteroatoms. The number of H-pyrrole nitrogens is 1. The second kappa shape index (κ2) is 48.6. The predicted octanol–water partition coefficient (Wildman–Crippen LogP) is -4.71. The van der Waals surface area contributed by atoms with E-state index in [4.69, 9.17) is 16.6 Å². The molecule has 14 amide bonds. The maximum atomic E-state index is 14.8. The van der Waals surface area contributed by atoms with Gasteiger partial charge < -0.3 is 121 Å². The van der Waals surface area contributed by atoms with Crippen molar-refractivity contribution < 1.29 is 122 Å². The average molecular weight is 1630 g/mol.